The van der Waals surface area contributed by atoms with Crippen molar-refractivity contribution in [2.45, 2.75) is 6.92 Å². The number of ether oxygens (including phenoxy) is 1. The van der Waals surface area contributed by atoms with Crippen LogP contribution < -0.4 is 4.74 Å². The number of hydrogen-bond donors (Lipinski definition) is 1. The van der Waals surface area contributed by atoms with Crippen molar-refractivity contribution < 1.29 is 14.6 Å². The summed E-state index contributed by atoms with van der Waals surface area (Å²) in [5, 5.41) is 17.7. The summed E-state index contributed by atoms with van der Waals surface area (Å²) in [4.78, 5) is 14.6. The Balaban J connectivity index is 2.33. The number of nitrogens with zero attached hydrogens (tertiary/aromatic N) is 2. The summed E-state index contributed by atoms with van der Waals surface area (Å²) in [7, 11) is 0. The number of benzene rings is 1. The van der Waals surface area contributed by atoms with E-state index in [1.54, 1.807) is 18.2 Å². The van der Waals surface area contributed by atoms with Gasteiger partial charge in [-0.3, -0.25) is 4.98 Å². The van der Waals surface area contributed by atoms with E-state index in [1.165, 1.54) is 18.5 Å². The summed E-state index contributed by atoms with van der Waals surface area (Å²) in [6.45, 7) is 1.84. The van der Waals surface area contributed by atoms with Gasteiger partial charge in [-0.15, -0.1) is 0 Å². The third-order valence-electron chi connectivity index (χ3n) is 2.51. The van der Waals surface area contributed by atoms with Crippen LogP contribution in [0.5, 0.6) is 11.5 Å². The Kier molecular flexibility index (Phi) is 3.44. The lowest BCUT2D eigenvalue weighted by atomic mass is 10.1. The first-order chi connectivity index (χ1) is 9.10. The maximum Gasteiger partial charge on any atom is 0.337 e. The Morgan fingerprint density at radius 2 is 2.16 bits per heavy atom. The number of pyridine rings is 1. The Bertz CT molecular complexity index is 675. The van der Waals surface area contributed by atoms with Crippen LogP contribution in [0.1, 0.15) is 21.5 Å². The molecule has 0 radical (unpaired) electrons. The molecule has 94 valence electrons. The zero-order valence-corrected chi connectivity index (χ0v) is 10.1. The van der Waals surface area contributed by atoms with Crippen LogP contribution in [-0.2, 0) is 0 Å². The predicted molar refractivity (Wildman–Crippen MR) is 67.2 cm³/mol. The largest absolute Gasteiger partial charge is 0.478 e. The molecule has 0 atom stereocenters. The molecule has 1 aromatic carbocycles. The highest BCUT2D eigenvalue weighted by Crippen LogP contribution is 2.26. The van der Waals surface area contributed by atoms with Crippen molar-refractivity contribution in [1.29, 1.82) is 5.26 Å². The van der Waals surface area contributed by atoms with Crippen molar-refractivity contribution in [2.75, 3.05) is 0 Å². The molecular formula is C14H10N2O3. The molecule has 0 aliphatic heterocycles. The molecule has 19 heavy (non-hydrogen) atoms. The molecule has 0 unspecified atom stereocenters. The van der Waals surface area contributed by atoms with Gasteiger partial charge in [-0.2, -0.15) is 5.26 Å². The smallest absolute Gasteiger partial charge is 0.337 e. The van der Waals surface area contributed by atoms with E-state index in [1.807, 2.05) is 13.0 Å². The summed E-state index contributed by atoms with van der Waals surface area (Å²) in [5.74, 6) is -0.248. The van der Waals surface area contributed by atoms with Gasteiger partial charge in [0.2, 0.25) is 0 Å². The first-order valence-corrected chi connectivity index (χ1v) is 5.47. The molecule has 1 aromatic heterocycles. The number of aromatic nitrogens is 1. The van der Waals surface area contributed by atoms with Crippen LogP contribution in [0.4, 0.5) is 0 Å². The normalized spacial score (nSPS) is 9.68. The molecule has 0 amide bonds. The van der Waals surface area contributed by atoms with Gasteiger partial charge in [0.15, 0.2) is 0 Å². The Morgan fingerprint density at radius 3 is 2.84 bits per heavy atom. The Morgan fingerprint density at radius 1 is 1.37 bits per heavy atom. The van der Waals surface area contributed by atoms with Crippen molar-refractivity contribution in [3.05, 3.63) is 53.3 Å². The van der Waals surface area contributed by atoms with Gasteiger partial charge < -0.3 is 9.84 Å². The third kappa shape index (κ3) is 2.87. The van der Waals surface area contributed by atoms with Crippen molar-refractivity contribution >= 4 is 5.97 Å². The second kappa shape index (κ2) is 5.19. The van der Waals surface area contributed by atoms with Crippen molar-refractivity contribution in [3.63, 3.8) is 0 Å². The van der Waals surface area contributed by atoms with E-state index >= 15 is 0 Å². The van der Waals surface area contributed by atoms with E-state index in [-0.39, 0.29) is 5.56 Å². The zero-order valence-electron chi connectivity index (χ0n) is 10.1. The fourth-order valence-electron chi connectivity index (χ4n) is 1.50. The Labute approximate surface area is 109 Å². The van der Waals surface area contributed by atoms with Crippen molar-refractivity contribution in [1.82, 2.24) is 4.98 Å². The Hall–Kier alpha value is -2.87. The molecule has 1 N–H and O–H groups in total. The highest BCUT2D eigenvalue weighted by molar-refractivity contribution is 5.87. The average Bonchev–Trinajstić information content (AvgIpc) is 2.41. The average molecular weight is 254 g/mol. The number of carboxylic acid groups (broad SMARTS) is 1. The lowest BCUT2D eigenvalue weighted by Crippen LogP contribution is -1.98. The molecule has 0 saturated carbocycles. The van der Waals surface area contributed by atoms with E-state index < -0.39 is 5.97 Å². The quantitative estimate of drug-likeness (QED) is 0.910. The monoisotopic (exact) mass is 254 g/mol. The molecule has 5 heteroatoms. The van der Waals surface area contributed by atoms with E-state index in [4.69, 9.17) is 15.1 Å². The van der Waals surface area contributed by atoms with Gasteiger partial charge in [0, 0.05) is 6.20 Å². The maximum absolute atomic E-state index is 10.8. The maximum atomic E-state index is 10.8. The van der Waals surface area contributed by atoms with Gasteiger partial charge in [-0.05, 0) is 30.7 Å². The lowest BCUT2D eigenvalue weighted by molar-refractivity contribution is 0.0696. The van der Waals surface area contributed by atoms with Crippen LogP contribution in [-0.4, -0.2) is 16.1 Å². The second-order valence-electron chi connectivity index (χ2n) is 3.91. The highest BCUT2D eigenvalue weighted by Gasteiger charge is 2.07. The van der Waals surface area contributed by atoms with E-state index in [2.05, 4.69) is 4.98 Å². The van der Waals surface area contributed by atoms with Crippen molar-refractivity contribution in [3.8, 4) is 17.6 Å². The first kappa shape index (κ1) is 12.6. The van der Waals surface area contributed by atoms with Crippen molar-refractivity contribution in [2.24, 2.45) is 0 Å². The molecule has 2 aromatic rings. The van der Waals surface area contributed by atoms with E-state index in [0.29, 0.717) is 17.1 Å². The predicted octanol–water partition coefficient (Wildman–Crippen LogP) is 2.75. The van der Waals surface area contributed by atoms with Gasteiger partial charge in [0.1, 0.15) is 11.5 Å². The highest BCUT2D eigenvalue weighted by atomic mass is 16.5. The van der Waals surface area contributed by atoms with E-state index in [9.17, 15) is 4.79 Å². The van der Waals surface area contributed by atoms with Crippen LogP contribution in [0.25, 0.3) is 0 Å². The lowest BCUT2D eigenvalue weighted by Gasteiger charge is -2.08. The summed E-state index contributed by atoms with van der Waals surface area (Å²) in [5.41, 5.74) is 1.37. The number of rotatable bonds is 3. The first-order valence-electron chi connectivity index (χ1n) is 5.47. The fourth-order valence-corrected chi connectivity index (χ4v) is 1.50. The fraction of sp³-hybridized carbons (Fsp3) is 0.0714. The zero-order chi connectivity index (χ0) is 13.8. The van der Waals surface area contributed by atoms with E-state index in [0.717, 1.165) is 5.56 Å². The summed E-state index contributed by atoms with van der Waals surface area (Å²) in [6, 6.07) is 8.46. The summed E-state index contributed by atoms with van der Waals surface area (Å²) in [6.07, 6.45) is 2.67. The molecule has 0 aliphatic carbocycles. The molecule has 0 bridgehead atoms. The minimum absolute atomic E-state index is 0.0478. The number of aryl methyl sites for hydroxylation is 1. The molecule has 0 spiro atoms. The third-order valence-corrected chi connectivity index (χ3v) is 2.51. The van der Waals surface area contributed by atoms with Crippen LogP contribution in [0.2, 0.25) is 0 Å². The van der Waals surface area contributed by atoms with Gasteiger partial charge in [0.25, 0.3) is 0 Å². The second-order valence-corrected chi connectivity index (χ2v) is 3.91. The minimum atomic E-state index is -1.07. The number of carbonyl (C=O) groups is 1. The number of aromatic carboxylic acids is 1. The molecule has 0 aliphatic rings. The molecule has 0 saturated heterocycles. The molecule has 5 nitrogen and oxygen atoms in total. The number of carboxylic acids is 1. The number of nitriles is 1. The standard InChI is InChI=1S/C14H10N2O3/c1-9-2-3-10(6-15)4-13(9)19-12-5-11(14(17)18)7-16-8-12/h2-5,7-8H,1H3,(H,17,18). The van der Waals surface area contributed by atoms with Gasteiger partial charge in [-0.1, -0.05) is 6.07 Å². The number of hydrogen-bond acceptors (Lipinski definition) is 4. The SMILES string of the molecule is Cc1ccc(C#N)cc1Oc1cncc(C(=O)O)c1. The minimum Gasteiger partial charge on any atom is -0.478 e. The molecular weight excluding hydrogens is 244 g/mol. The summed E-state index contributed by atoms with van der Waals surface area (Å²) < 4.78 is 5.57. The van der Waals surface area contributed by atoms with Gasteiger partial charge >= 0.3 is 5.97 Å². The summed E-state index contributed by atoms with van der Waals surface area (Å²) >= 11 is 0. The van der Waals surface area contributed by atoms with Gasteiger partial charge in [-0.25, -0.2) is 4.79 Å². The molecule has 2 rings (SSSR count). The van der Waals surface area contributed by atoms with Crippen LogP contribution >= 0.6 is 0 Å². The van der Waals surface area contributed by atoms with Crippen LogP contribution in [0.3, 0.4) is 0 Å². The van der Waals surface area contributed by atoms with Crippen LogP contribution in [0, 0.1) is 18.3 Å². The molecule has 0 fully saturated rings. The molecule has 1 heterocycles. The van der Waals surface area contributed by atoms with Gasteiger partial charge in [0.05, 0.1) is 23.4 Å². The topological polar surface area (TPSA) is 83.2 Å². The van der Waals surface area contributed by atoms with Crippen LogP contribution in [0.15, 0.2) is 36.7 Å².